The zero-order valence-corrected chi connectivity index (χ0v) is 5.24. The highest BCUT2D eigenvalue weighted by molar-refractivity contribution is 5.56. The molecule has 0 saturated carbocycles. The lowest BCUT2D eigenvalue weighted by Gasteiger charge is -2.03. The van der Waals surface area contributed by atoms with Crippen LogP contribution < -0.4 is 0 Å². The van der Waals surface area contributed by atoms with Crippen molar-refractivity contribution in [2.45, 2.75) is 6.10 Å². The van der Waals surface area contributed by atoms with Crippen molar-refractivity contribution in [1.82, 2.24) is 0 Å². The number of ether oxygens (including phenoxy) is 3. The standard InChI is InChI=1S/C5H7O5/c6-5(7)9-2-4-1-8-3-10-4/h4H,1-3H2. The first kappa shape index (κ1) is 7.30. The lowest BCUT2D eigenvalue weighted by atomic mass is 10.4. The van der Waals surface area contributed by atoms with E-state index in [0.717, 1.165) is 0 Å². The highest BCUT2D eigenvalue weighted by Gasteiger charge is 2.17. The minimum absolute atomic E-state index is 0.0116. The molecule has 57 valence electrons. The van der Waals surface area contributed by atoms with Crippen LogP contribution in [0.1, 0.15) is 0 Å². The SMILES string of the molecule is [O]C(=O)OCC1COCO1. The molecule has 0 bridgehead atoms. The van der Waals surface area contributed by atoms with Crippen molar-refractivity contribution in [2.24, 2.45) is 0 Å². The van der Waals surface area contributed by atoms with E-state index in [2.05, 4.69) is 4.74 Å². The highest BCUT2D eigenvalue weighted by atomic mass is 16.7. The van der Waals surface area contributed by atoms with Gasteiger partial charge in [0.05, 0.1) is 6.61 Å². The fourth-order valence-electron chi connectivity index (χ4n) is 0.629. The van der Waals surface area contributed by atoms with Gasteiger partial charge in [-0.25, -0.2) is 0 Å². The second-order valence-corrected chi connectivity index (χ2v) is 1.84. The Bertz CT molecular complexity index is 117. The summed E-state index contributed by atoms with van der Waals surface area (Å²) in [6.45, 7) is 0.580. The van der Waals surface area contributed by atoms with E-state index in [4.69, 9.17) is 9.47 Å². The molecular weight excluding hydrogens is 140 g/mol. The van der Waals surface area contributed by atoms with Gasteiger partial charge >= 0.3 is 6.16 Å². The molecule has 0 aliphatic carbocycles. The Kier molecular flexibility index (Phi) is 2.47. The van der Waals surface area contributed by atoms with Crippen LogP contribution in [0.15, 0.2) is 0 Å². The van der Waals surface area contributed by atoms with Crippen LogP contribution in [-0.4, -0.2) is 32.3 Å². The first-order valence-electron chi connectivity index (χ1n) is 2.82. The Hall–Kier alpha value is -0.810. The van der Waals surface area contributed by atoms with E-state index in [1.165, 1.54) is 0 Å². The maximum atomic E-state index is 9.73. The molecule has 0 spiro atoms. The minimum Gasteiger partial charge on any atom is -0.429 e. The van der Waals surface area contributed by atoms with Gasteiger partial charge in [-0.05, 0) is 0 Å². The van der Waals surface area contributed by atoms with Crippen molar-refractivity contribution in [2.75, 3.05) is 20.0 Å². The van der Waals surface area contributed by atoms with Crippen LogP contribution in [0.2, 0.25) is 0 Å². The predicted octanol–water partition coefficient (Wildman–Crippen LogP) is -0.0736. The number of carbonyl (C=O) groups excluding carboxylic acids is 1. The Morgan fingerprint density at radius 3 is 3.00 bits per heavy atom. The summed E-state index contributed by atoms with van der Waals surface area (Å²) < 4.78 is 13.8. The molecule has 1 heterocycles. The maximum absolute atomic E-state index is 9.73. The first-order valence-corrected chi connectivity index (χ1v) is 2.82. The minimum atomic E-state index is -1.53. The van der Waals surface area contributed by atoms with Crippen LogP contribution in [0.5, 0.6) is 0 Å². The monoisotopic (exact) mass is 147 g/mol. The summed E-state index contributed by atoms with van der Waals surface area (Å²) in [5.41, 5.74) is 0. The third-order valence-corrected chi connectivity index (χ3v) is 1.08. The molecule has 1 saturated heterocycles. The zero-order chi connectivity index (χ0) is 7.40. The summed E-state index contributed by atoms with van der Waals surface area (Å²) in [6, 6.07) is 0. The van der Waals surface area contributed by atoms with Crippen LogP contribution in [0.25, 0.3) is 0 Å². The molecule has 1 rings (SSSR count). The van der Waals surface area contributed by atoms with E-state index in [9.17, 15) is 9.90 Å². The predicted molar refractivity (Wildman–Crippen MR) is 27.7 cm³/mol. The van der Waals surface area contributed by atoms with Crippen molar-refractivity contribution in [3.8, 4) is 0 Å². The zero-order valence-electron chi connectivity index (χ0n) is 5.24. The van der Waals surface area contributed by atoms with Gasteiger partial charge in [0, 0.05) is 0 Å². The summed E-state index contributed by atoms with van der Waals surface area (Å²) in [5, 5.41) is 9.73. The molecule has 1 atom stereocenters. The van der Waals surface area contributed by atoms with Crippen LogP contribution in [0.4, 0.5) is 4.79 Å². The fourth-order valence-corrected chi connectivity index (χ4v) is 0.629. The molecular formula is C5H7O5. The first-order chi connectivity index (χ1) is 4.79. The molecule has 1 aliphatic rings. The lowest BCUT2D eigenvalue weighted by molar-refractivity contribution is 0.00416. The van der Waals surface area contributed by atoms with E-state index in [0.29, 0.717) is 6.61 Å². The molecule has 1 fully saturated rings. The quantitative estimate of drug-likeness (QED) is 0.512. The van der Waals surface area contributed by atoms with E-state index in [1.54, 1.807) is 0 Å². The summed E-state index contributed by atoms with van der Waals surface area (Å²) in [5.74, 6) is 0. The molecule has 0 aromatic carbocycles. The normalized spacial score (nSPS) is 24.6. The number of rotatable bonds is 2. The summed E-state index contributed by atoms with van der Waals surface area (Å²) in [6.07, 6.45) is -1.80. The Balaban J connectivity index is 2.07. The third kappa shape index (κ3) is 2.20. The van der Waals surface area contributed by atoms with Gasteiger partial charge < -0.3 is 14.2 Å². The van der Waals surface area contributed by atoms with Gasteiger partial charge in [0.1, 0.15) is 19.5 Å². The molecule has 5 heteroatoms. The van der Waals surface area contributed by atoms with Gasteiger partial charge in [0.25, 0.3) is 0 Å². The summed E-state index contributed by atoms with van der Waals surface area (Å²) in [4.78, 5) is 9.73. The molecule has 0 aromatic heterocycles. The average molecular weight is 147 g/mol. The number of hydrogen-bond acceptors (Lipinski definition) is 4. The van der Waals surface area contributed by atoms with Crippen LogP contribution in [-0.2, 0) is 19.3 Å². The Labute approximate surface area is 57.5 Å². The van der Waals surface area contributed by atoms with Crippen molar-refractivity contribution in [3.05, 3.63) is 0 Å². The largest absolute Gasteiger partial charge is 0.550 e. The smallest absolute Gasteiger partial charge is 0.429 e. The van der Waals surface area contributed by atoms with Crippen LogP contribution in [0.3, 0.4) is 0 Å². The summed E-state index contributed by atoms with van der Waals surface area (Å²) >= 11 is 0. The maximum Gasteiger partial charge on any atom is 0.550 e. The van der Waals surface area contributed by atoms with Crippen molar-refractivity contribution >= 4 is 6.16 Å². The molecule has 10 heavy (non-hydrogen) atoms. The van der Waals surface area contributed by atoms with Crippen LogP contribution >= 0.6 is 0 Å². The molecule has 0 N–H and O–H groups in total. The van der Waals surface area contributed by atoms with Gasteiger partial charge in [0.2, 0.25) is 0 Å². The number of carbonyl (C=O) groups is 1. The second kappa shape index (κ2) is 3.38. The molecule has 1 aliphatic heterocycles. The van der Waals surface area contributed by atoms with Gasteiger partial charge in [-0.15, -0.1) is 0 Å². The molecule has 1 unspecified atom stereocenters. The van der Waals surface area contributed by atoms with Gasteiger partial charge in [0.15, 0.2) is 0 Å². The lowest BCUT2D eigenvalue weighted by Crippen LogP contribution is -2.19. The Morgan fingerprint density at radius 1 is 1.70 bits per heavy atom. The number of hydrogen-bond donors (Lipinski definition) is 0. The van der Waals surface area contributed by atoms with Gasteiger partial charge in [-0.3, -0.25) is 0 Å². The third-order valence-electron chi connectivity index (χ3n) is 1.08. The van der Waals surface area contributed by atoms with Gasteiger partial charge in [-0.1, -0.05) is 0 Å². The van der Waals surface area contributed by atoms with Crippen LogP contribution in [0, 0.1) is 0 Å². The van der Waals surface area contributed by atoms with Crippen molar-refractivity contribution in [3.63, 3.8) is 0 Å². The van der Waals surface area contributed by atoms with Gasteiger partial charge in [-0.2, -0.15) is 9.90 Å². The van der Waals surface area contributed by atoms with E-state index in [-0.39, 0.29) is 19.5 Å². The molecule has 5 nitrogen and oxygen atoms in total. The molecule has 0 aromatic rings. The highest BCUT2D eigenvalue weighted by Crippen LogP contribution is 2.02. The van der Waals surface area contributed by atoms with E-state index in [1.807, 2.05) is 0 Å². The van der Waals surface area contributed by atoms with E-state index >= 15 is 0 Å². The topological polar surface area (TPSA) is 64.7 Å². The second-order valence-electron chi connectivity index (χ2n) is 1.84. The summed E-state index contributed by atoms with van der Waals surface area (Å²) in [7, 11) is 0. The van der Waals surface area contributed by atoms with Crippen molar-refractivity contribution in [1.29, 1.82) is 0 Å². The average Bonchev–Trinajstić information content (AvgIpc) is 2.34. The molecule has 0 amide bonds. The molecule has 1 radical (unpaired) electrons. The van der Waals surface area contributed by atoms with E-state index < -0.39 is 6.16 Å². The van der Waals surface area contributed by atoms with Crippen molar-refractivity contribution < 1.29 is 24.1 Å². The Morgan fingerprint density at radius 2 is 2.50 bits per heavy atom. The fraction of sp³-hybridized carbons (Fsp3) is 0.800.